The molecular weight excluding hydrogens is 414 g/mol. The number of benzene rings is 2. The van der Waals surface area contributed by atoms with Crippen molar-refractivity contribution in [2.75, 3.05) is 49.5 Å². The third-order valence-corrected chi connectivity index (χ3v) is 6.17. The highest BCUT2D eigenvalue weighted by atomic mass is 19.1. The number of amides is 3. The van der Waals surface area contributed by atoms with Crippen LogP contribution in [0.25, 0.3) is 0 Å². The molecule has 2 saturated heterocycles. The predicted molar refractivity (Wildman–Crippen MR) is 120 cm³/mol. The maximum atomic E-state index is 14.0. The Morgan fingerprint density at radius 2 is 1.72 bits per heavy atom. The summed E-state index contributed by atoms with van der Waals surface area (Å²) in [6.45, 7) is 3.43. The molecule has 0 bridgehead atoms. The molecule has 0 saturated carbocycles. The van der Waals surface area contributed by atoms with E-state index in [2.05, 4.69) is 5.32 Å². The van der Waals surface area contributed by atoms with Gasteiger partial charge in [0.25, 0.3) is 0 Å². The van der Waals surface area contributed by atoms with Crippen LogP contribution in [0.1, 0.15) is 19.3 Å². The number of carbonyl (C=O) groups excluding carboxylic acids is 2. The van der Waals surface area contributed by atoms with E-state index in [4.69, 9.17) is 0 Å². The van der Waals surface area contributed by atoms with Crippen LogP contribution in [0.15, 0.2) is 48.5 Å². The molecule has 2 heterocycles. The standard InChI is InChI=1S/C24H28F2N4O2/c25-19-6-3-7-20(16-19)27-24(32)30-10-4-5-18(17-30)15-23(31)29-13-11-28(12-14-29)22-9-2-1-8-21(22)26/h1-3,6-9,16,18H,4-5,10-15,17H2,(H,27,32)/t18-/m0/s1. The normalized spacial score (nSPS) is 19.1. The molecule has 2 aliphatic rings. The van der Waals surface area contributed by atoms with Gasteiger partial charge in [-0.3, -0.25) is 4.79 Å². The summed E-state index contributed by atoms with van der Waals surface area (Å²) in [7, 11) is 0. The van der Waals surface area contributed by atoms with E-state index in [1.165, 1.54) is 18.2 Å². The molecule has 1 N–H and O–H groups in total. The number of likely N-dealkylation sites (tertiary alicyclic amines) is 1. The molecule has 1 atom stereocenters. The van der Waals surface area contributed by atoms with Crippen LogP contribution < -0.4 is 10.2 Å². The number of nitrogens with zero attached hydrogens (tertiary/aromatic N) is 3. The molecule has 0 aromatic heterocycles. The van der Waals surface area contributed by atoms with Crippen LogP contribution in [0, 0.1) is 17.6 Å². The van der Waals surface area contributed by atoms with Gasteiger partial charge in [-0.05, 0) is 49.1 Å². The van der Waals surface area contributed by atoms with Crippen LogP contribution in [0.5, 0.6) is 0 Å². The second-order valence-electron chi connectivity index (χ2n) is 8.42. The number of nitrogens with one attached hydrogen (secondary N) is 1. The smallest absolute Gasteiger partial charge is 0.321 e. The number of urea groups is 1. The largest absolute Gasteiger partial charge is 0.366 e. The van der Waals surface area contributed by atoms with E-state index >= 15 is 0 Å². The van der Waals surface area contributed by atoms with Gasteiger partial charge in [-0.15, -0.1) is 0 Å². The van der Waals surface area contributed by atoms with E-state index in [9.17, 15) is 18.4 Å². The van der Waals surface area contributed by atoms with Gasteiger partial charge in [0, 0.05) is 51.4 Å². The quantitative estimate of drug-likeness (QED) is 0.780. The van der Waals surface area contributed by atoms with Crippen LogP contribution in [-0.4, -0.2) is 61.0 Å². The number of piperidine rings is 1. The van der Waals surface area contributed by atoms with Crippen molar-refractivity contribution in [3.8, 4) is 0 Å². The molecule has 6 nitrogen and oxygen atoms in total. The van der Waals surface area contributed by atoms with E-state index < -0.39 is 5.82 Å². The van der Waals surface area contributed by atoms with Gasteiger partial charge in [-0.25, -0.2) is 13.6 Å². The van der Waals surface area contributed by atoms with Crippen LogP contribution in [0.2, 0.25) is 0 Å². The zero-order valence-electron chi connectivity index (χ0n) is 18.0. The fourth-order valence-electron chi connectivity index (χ4n) is 4.47. The molecule has 3 amide bonds. The molecule has 2 fully saturated rings. The lowest BCUT2D eigenvalue weighted by atomic mass is 9.94. The van der Waals surface area contributed by atoms with Crippen LogP contribution in [-0.2, 0) is 4.79 Å². The SMILES string of the molecule is O=C(C[C@@H]1CCCN(C(=O)Nc2cccc(F)c2)C1)N1CCN(c2ccccc2F)CC1. The second-order valence-corrected chi connectivity index (χ2v) is 8.42. The van der Waals surface area contributed by atoms with Gasteiger partial charge in [0.05, 0.1) is 5.69 Å². The van der Waals surface area contributed by atoms with E-state index in [1.807, 2.05) is 15.9 Å². The maximum Gasteiger partial charge on any atom is 0.321 e. The Balaban J connectivity index is 1.26. The second kappa shape index (κ2) is 9.97. The Morgan fingerprint density at radius 3 is 2.47 bits per heavy atom. The fourth-order valence-corrected chi connectivity index (χ4v) is 4.47. The Bertz CT molecular complexity index is 963. The summed E-state index contributed by atoms with van der Waals surface area (Å²) < 4.78 is 27.4. The first-order chi connectivity index (χ1) is 15.5. The summed E-state index contributed by atoms with van der Waals surface area (Å²) in [5.41, 5.74) is 0.993. The zero-order chi connectivity index (χ0) is 22.5. The molecule has 2 aromatic carbocycles. The molecule has 4 rings (SSSR count). The third kappa shape index (κ3) is 5.36. The average molecular weight is 443 g/mol. The molecule has 8 heteroatoms. The number of piperazine rings is 1. The maximum absolute atomic E-state index is 14.0. The predicted octanol–water partition coefficient (Wildman–Crippen LogP) is 3.95. The molecule has 170 valence electrons. The minimum absolute atomic E-state index is 0.0792. The van der Waals surface area contributed by atoms with Gasteiger partial charge in [-0.2, -0.15) is 0 Å². The van der Waals surface area contributed by atoms with E-state index in [0.29, 0.717) is 57.1 Å². The molecule has 32 heavy (non-hydrogen) atoms. The lowest BCUT2D eigenvalue weighted by Crippen LogP contribution is -2.50. The highest BCUT2D eigenvalue weighted by Crippen LogP contribution is 2.24. The molecule has 0 unspecified atom stereocenters. The number of anilines is 2. The summed E-state index contributed by atoms with van der Waals surface area (Å²) in [5, 5.41) is 2.73. The molecule has 0 spiro atoms. The summed E-state index contributed by atoms with van der Waals surface area (Å²) in [6, 6.07) is 12.2. The van der Waals surface area contributed by atoms with Gasteiger partial charge in [0.1, 0.15) is 11.6 Å². The number of para-hydroxylation sites is 1. The number of rotatable bonds is 4. The Morgan fingerprint density at radius 1 is 0.938 bits per heavy atom. The van der Waals surface area contributed by atoms with Crippen LogP contribution in [0.3, 0.4) is 0 Å². The van der Waals surface area contributed by atoms with Gasteiger partial charge in [0.2, 0.25) is 5.91 Å². The summed E-state index contributed by atoms with van der Waals surface area (Å²) >= 11 is 0. The van der Waals surface area contributed by atoms with E-state index in [1.54, 1.807) is 29.2 Å². The van der Waals surface area contributed by atoms with Crippen molar-refractivity contribution in [1.29, 1.82) is 0 Å². The molecule has 2 aromatic rings. The molecule has 0 aliphatic carbocycles. The monoisotopic (exact) mass is 442 g/mol. The molecular formula is C24H28F2N4O2. The summed E-state index contributed by atoms with van der Waals surface area (Å²) in [4.78, 5) is 30.9. The highest BCUT2D eigenvalue weighted by Gasteiger charge is 2.29. The lowest BCUT2D eigenvalue weighted by Gasteiger charge is -2.38. The molecule has 2 aliphatic heterocycles. The van der Waals surface area contributed by atoms with Crippen molar-refractivity contribution in [2.45, 2.75) is 19.3 Å². The lowest BCUT2D eigenvalue weighted by molar-refractivity contribution is -0.132. The number of carbonyl (C=O) groups is 2. The van der Waals surface area contributed by atoms with Gasteiger partial charge in [-0.1, -0.05) is 18.2 Å². The van der Waals surface area contributed by atoms with Crippen molar-refractivity contribution >= 4 is 23.3 Å². The third-order valence-electron chi connectivity index (χ3n) is 6.17. The van der Waals surface area contributed by atoms with Crippen molar-refractivity contribution in [1.82, 2.24) is 9.80 Å². The van der Waals surface area contributed by atoms with Crippen LogP contribution in [0.4, 0.5) is 25.0 Å². The Hall–Kier alpha value is -3.16. The minimum Gasteiger partial charge on any atom is -0.366 e. The Kier molecular flexibility index (Phi) is 6.87. The minimum atomic E-state index is -0.403. The van der Waals surface area contributed by atoms with Gasteiger partial charge < -0.3 is 20.0 Å². The van der Waals surface area contributed by atoms with E-state index in [0.717, 1.165) is 12.8 Å². The summed E-state index contributed by atoms with van der Waals surface area (Å²) in [6.07, 6.45) is 2.11. The first kappa shape index (κ1) is 22.0. The van der Waals surface area contributed by atoms with Crippen molar-refractivity contribution < 1.29 is 18.4 Å². The van der Waals surface area contributed by atoms with Gasteiger partial charge in [0.15, 0.2) is 0 Å². The zero-order valence-corrected chi connectivity index (χ0v) is 18.0. The number of hydrogen-bond acceptors (Lipinski definition) is 3. The summed E-state index contributed by atoms with van der Waals surface area (Å²) in [5.74, 6) is -0.471. The Labute approximate surface area is 186 Å². The van der Waals surface area contributed by atoms with Gasteiger partial charge >= 0.3 is 6.03 Å². The van der Waals surface area contributed by atoms with E-state index in [-0.39, 0.29) is 23.7 Å². The average Bonchev–Trinajstić information content (AvgIpc) is 2.80. The van der Waals surface area contributed by atoms with Crippen molar-refractivity contribution in [3.05, 3.63) is 60.2 Å². The fraction of sp³-hybridized carbons (Fsp3) is 0.417. The van der Waals surface area contributed by atoms with Crippen molar-refractivity contribution in [3.63, 3.8) is 0 Å². The van der Waals surface area contributed by atoms with Crippen molar-refractivity contribution in [2.24, 2.45) is 5.92 Å². The highest BCUT2D eigenvalue weighted by molar-refractivity contribution is 5.89. The molecule has 0 radical (unpaired) electrons. The first-order valence-corrected chi connectivity index (χ1v) is 11.1. The van der Waals surface area contributed by atoms with Crippen LogP contribution >= 0.6 is 0 Å². The first-order valence-electron chi connectivity index (χ1n) is 11.1. The topological polar surface area (TPSA) is 55.9 Å². The number of halogens is 2. The number of hydrogen-bond donors (Lipinski definition) is 1.